The number of unbranched alkanes of at least 4 members (excludes halogenated alkanes) is 1. The summed E-state index contributed by atoms with van der Waals surface area (Å²) in [6.45, 7) is 3.76. The highest BCUT2D eigenvalue weighted by molar-refractivity contribution is 14.1. The number of hydrogen-bond donors (Lipinski definition) is 0. The molecule has 0 aromatic rings. The Hall–Kier alpha value is 0.650. The number of rotatable bonds is 5. The van der Waals surface area contributed by atoms with E-state index in [1.165, 1.54) is 12.8 Å². The van der Waals surface area contributed by atoms with Crippen LogP contribution < -0.4 is 0 Å². The van der Waals surface area contributed by atoms with Crippen molar-refractivity contribution in [3.63, 3.8) is 0 Å². The SMILES string of the molecule is CCCCC1(CCI)OCCO1. The Morgan fingerprint density at radius 3 is 2.42 bits per heavy atom. The second-order valence-corrected chi connectivity index (χ2v) is 4.23. The van der Waals surface area contributed by atoms with Gasteiger partial charge in [0, 0.05) is 17.3 Å². The van der Waals surface area contributed by atoms with Crippen LogP contribution in [0.4, 0.5) is 0 Å². The van der Waals surface area contributed by atoms with Crippen LogP contribution in [0.5, 0.6) is 0 Å². The molecule has 0 aromatic heterocycles. The third kappa shape index (κ3) is 2.85. The van der Waals surface area contributed by atoms with Gasteiger partial charge < -0.3 is 9.47 Å². The fourth-order valence-electron chi connectivity index (χ4n) is 1.50. The van der Waals surface area contributed by atoms with Crippen molar-refractivity contribution in [2.24, 2.45) is 0 Å². The molecular formula is C9H17IO2. The summed E-state index contributed by atoms with van der Waals surface area (Å²) in [7, 11) is 0. The molecular weight excluding hydrogens is 267 g/mol. The normalized spacial score (nSPS) is 21.5. The summed E-state index contributed by atoms with van der Waals surface area (Å²) in [5.74, 6) is -0.211. The van der Waals surface area contributed by atoms with Crippen molar-refractivity contribution in [3.05, 3.63) is 0 Å². The largest absolute Gasteiger partial charge is 0.348 e. The van der Waals surface area contributed by atoms with Gasteiger partial charge in [-0.3, -0.25) is 0 Å². The van der Waals surface area contributed by atoms with Crippen LogP contribution in [-0.4, -0.2) is 23.4 Å². The molecule has 1 heterocycles. The highest BCUT2D eigenvalue weighted by Crippen LogP contribution is 2.29. The molecule has 1 fully saturated rings. The zero-order valence-electron chi connectivity index (χ0n) is 7.64. The molecule has 3 heteroatoms. The van der Waals surface area contributed by atoms with E-state index in [0.717, 1.165) is 30.5 Å². The minimum atomic E-state index is -0.211. The predicted octanol–water partition coefficient (Wildman–Crippen LogP) is 2.74. The van der Waals surface area contributed by atoms with Gasteiger partial charge in [-0.15, -0.1) is 0 Å². The van der Waals surface area contributed by atoms with E-state index in [4.69, 9.17) is 9.47 Å². The molecule has 72 valence electrons. The van der Waals surface area contributed by atoms with Crippen molar-refractivity contribution in [1.82, 2.24) is 0 Å². The number of halogens is 1. The summed E-state index contributed by atoms with van der Waals surface area (Å²) in [4.78, 5) is 0. The summed E-state index contributed by atoms with van der Waals surface area (Å²) >= 11 is 2.38. The average molecular weight is 284 g/mol. The highest BCUT2D eigenvalue weighted by Gasteiger charge is 2.34. The van der Waals surface area contributed by atoms with Crippen LogP contribution in [-0.2, 0) is 9.47 Å². The standard InChI is InChI=1S/C9H17IO2/c1-2-3-4-9(5-6-10)11-7-8-12-9/h2-8H2,1H3. The molecule has 0 bridgehead atoms. The molecule has 0 atom stereocenters. The van der Waals surface area contributed by atoms with Crippen molar-refractivity contribution in [2.75, 3.05) is 17.6 Å². The van der Waals surface area contributed by atoms with E-state index in [0.29, 0.717) is 0 Å². The van der Waals surface area contributed by atoms with E-state index in [1.807, 2.05) is 0 Å². The van der Waals surface area contributed by atoms with Crippen molar-refractivity contribution in [2.45, 2.75) is 38.4 Å². The van der Waals surface area contributed by atoms with E-state index in [2.05, 4.69) is 29.5 Å². The van der Waals surface area contributed by atoms with Gasteiger partial charge in [0.1, 0.15) is 0 Å². The molecule has 12 heavy (non-hydrogen) atoms. The monoisotopic (exact) mass is 284 g/mol. The topological polar surface area (TPSA) is 18.5 Å². The first kappa shape index (κ1) is 10.7. The second-order valence-electron chi connectivity index (χ2n) is 3.15. The van der Waals surface area contributed by atoms with Crippen LogP contribution in [0.1, 0.15) is 32.6 Å². The molecule has 1 saturated heterocycles. The first-order valence-corrected chi connectivity index (χ1v) is 6.19. The Bertz CT molecular complexity index is 122. The van der Waals surface area contributed by atoms with E-state index >= 15 is 0 Å². The number of alkyl halides is 1. The molecule has 0 unspecified atom stereocenters. The molecule has 0 radical (unpaired) electrons. The van der Waals surface area contributed by atoms with E-state index in [-0.39, 0.29) is 5.79 Å². The maximum atomic E-state index is 5.66. The summed E-state index contributed by atoms with van der Waals surface area (Å²) in [5.41, 5.74) is 0. The lowest BCUT2D eigenvalue weighted by Gasteiger charge is -2.26. The fourth-order valence-corrected chi connectivity index (χ4v) is 2.32. The molecule has 0 aliphatic carbocycles. The Balaban J connectivity index is 2.35. The van der Waals surface area contributed by atoms with Crippen LogP contribution in [0, 0.1) is 0 Å². The third-order valence-electron chi connectivity index (χ3n) is 2.20. The molecule has 1 rings (SSSR count). The van der Waals surface area contributed by atoms with Crippen LogP contribution in [0.15, 0.2) is 0 Å². The van der Waals surface area contributed by atoms with Gasteiger partial charge >= 0.3 is 0 Å². The van der Waals surface area contributed by atoms with Crippen molar-refractivity contribution < 1.29 is 9.47 Å². The van der Waals surface area contributed by atoms with Gasteiger partial charge in [0.05, 0.1) is 13.2 Å². The lowest BCUT2D eigenvalue weighted by Crippen LogP contribution is -2.30. The zero-order chi connectivity index (χ0) is 8.86. The van der Waals surface area contributed by atoms with Gasteiger partial charge in [-0.2, -0.15) is 0 Å². The third-order valence-corrected chi connectivity index (χ3v) is 2.74. The zero-order valence-corrected chi connectivity index (χ0v) is 9.80. The van der Waals surface area contributed by atoms with Crippen molar-refractivity contribution >= 4 is 22.6 Å². The van der Waals surface area contributed by atoms with E-state index in [9.17, 15) is 0 Å². The Labute approximate surface area is 88.1 Å². The molecule has 0 amide bonds. The summed E-state index contributed by atoms with van der Waals surface area (Å²) in [5, 5.41) is 0. The van der Waals surface area contributed by atoms with Gasteiger partial charge in [-0.05, 0) is 6.42 Å². The Morgan fingerprint density at radius 1 is 1.25 bits per heavy atom. The molecule has 0 aromatic carbocycles. The van der Waals surface area contributed by atoms with Gasteiger partial charge in [0.2, 0.25) is 0 Å². The summed E-state index contributed by atoms with van der Waals surface area (Å²) < 4.78 is 12.4. The minimum absolute atomic E-state index is 0.211. The van der Waals surface area contributed by atoms with Crippen LogP contribution >= 0.6 is 22.6 Å². The van der Waals surface area contributed by atoms with Gasteiger partial charge in [0.15, 0.2) is 5.79 Å². The first-order valence-electron chi connectivity index (χ1n) is 4.67. The molecule has 0 saturated carbocycles. The maximum absolute atomic E-state index is 5.66. The summed E-state index contributed by atoms with van der Waals surface area (Å²) in [6.07, 6.45) is 4.52. The molecule has 1 aliphatic rings. The van der Waals surface area contributed by atoms with Crippen LogP contribution in [0.25, 0.3) is 0 Å². The van der Waals surface area contributed by atoms with Gasteiger partial charge in [-0.25, -0.2) is 0 Å². The second kappa shape index (κ2) is 5.40. The maximum Gasteiger partial charge on any atom is 0.169 e. The van der Waals surface area contributed by atoms with Crippen LogP contribution in [0.2, 0.25) is 0 Å². The quantitative estimate of drug-likeness (QED) is 0.571. The van der Waals surface area contributed by atoms with Gasteiger partial charge in [-0.1, -0.05) is 35.9 Å². The molecule has 2 nitrogen and oxygen atoms in total. The highest BCUT2D eigenvalue weighted by atomic mass is 127. The van der Waals surface area contributed by atoms with Crippen molar-refractivity contribution in [3.8, 4) is 0 Å². The summed E-state index contributed by atoms with van der Waals surface area (Å²) in [6, 6.07) is 0. The minimum Gasteiger partial charge on any atom is -0.348 e. The van der Waals surface area contributed by atoms with E-state index < -0.39 is 0 Å². The van der Waals surface area contributed by atoms with E-state index in [1.54, 1.807) is 0 Å². The smallest absolute Gasteiger partial charge is 0.169 e. The average Bonchev–Trinajstić information content (AvgIpc) is 2.51. The molecule has 0 N–H and O–H groups in total. The predicted molar refractivity (Wildman–Crippen MR) is 57.7 cm³/mol. The lowest BCUT2D eigenvalue weighted by molar-refractivity contribution is -0.163. The number of ether oxygens (including phenoxy) is 2. The van der Waals surface area contributed by atoms with Gasteiger partial charge in [0.25, 0.3) is 0 Å². The fraction of sp³-hybridized carbons (Fsp3) is 1.00. The number of hydrogen-bond acceptors (Lipinski definition) is 2. The first-order chi connectivity index (χ1) is 5.83. The molecule has 1 aliphatic heterocycles. The Kier molecular flexibility index (Phi) is 4.82. The van der Waals surface area contributed by atoms with Crippen molar-refractivity contribution in [1.29, 1.82) is 0 Å². The lowest BCUT2D eigenvalue weighted by atomic mass is 10.1. The van der Waals surface area contributed by atoms with Crippen LogP contribution in [0.3, 0.4) is 0 Å². The molecule has 0 spiro atoms. The Morgan fingerprint density at radius 2 is 1.92 bits per heavy atom.